The first-order chi connectivity index (χ1) is 15.2. The maximum absolute atomic E-state index is 13.4. The highest BCUT2D eigenvalue weighted by atomic mass is 19.1. The Hall–Kier alpha value is -1.61. The number of aliphatic hydroxyl groups excluding tert-OH is 1. The Labute approximate surface area is 187 Å². The highest BCUT2D eigenvalue weighted by molar-refractivity contribution is 5.76. The van der Waals surface area contributed by atoms with Crippen LogP contribution in [0.2, 0.25) is 0 Å². The molecule has 1 amide bonds. The third kappa shape index (κ3) is 4.30. The number of fused-ring (bicyclic) bond motifs is 3. The number of rotatable bonds is 5. The molecule has 0 aromatic heterocycles. The maximum Gasteiger partial charge on any atom is 0.220 e. The van der Waals surface area contributed by atoms with Gasteiger partial charge in [-0.3, -0.25) is 4.79 Å². The van der Waals surface area contributed by atoms with Gasteiger partial charge in [0.15, 0.2) is 6.29 Å². The van der Waals surface area contributed by atoms with Crippen molar-refractivity contribution in [3.05, 3.63) is 35.4 Å². The Balaban J connectivity index is 1.46. The molecule has 1 saturated heterocycles. The van der Waals surface area contributed by atoms with E-state index in [9.17, 15) is 18.7 Å². The summed E-state index contributed by atoms with van der Waals surface area (Å²) in [6.07, 6.45) is 2.42. The molecule has 32 heavy (non-hydrogen) atoms. The normalized spacial score (nSPS) is 39.1. The average Bonchev–Trinajstić information content (AvgIpc) is 2.73. The highest BCUT2D eigenvalue weighted by Crippen LogP contribution is 2.62. The second-order valence-corrected chi connectivity index (χ2v) is 10.2. The van der Waals surface area contributed by atoms with Gasteiger partial charge < -0.3 is 25.6 Å². The van der Waals surface area contributed by atoms with Crippen LogP contribution in [-0.4, -0.2) is 42.7 Å². The van der Waals surface area contributed by atoms with Crippen molar-refractivity contribution >= 4 is 5.91 Å². The molecule has 1 heterocycles. The van der Waals surface area contributed by atoms with Crippen LogP contribution in [0, 0.1) is 34.3 Å². The Morgan fingerprint density at radius 1 is 1.19 bits per heavy atom. The van der Waals surface area contributed by atoms with Gasteiger partial charge in [0.05, 0.1) is 18.8 Å². The highest BCUT2D eigenvalue weighted by Gasteiger charge is 2.61. The summed E-state index contributed by atoms with van der Waals surface area (Å²) in [5, 5.41) is 13.6. The van der Waals surface area contributed by atoms with Crippen LogP contribution in [0.15, 0.2) is 18.2 Å². The fourth-order valence-corrected chi connectivity index (χ4v) is 6.60. The predicted molar refractivity (Wildman–Crippen MR) is 114 cm³/mol. The molecule has 2 aliphatic carbocycles. The van der Waals surface area contributed by atoms with Gasteiger partial charge in [0.25, 0.3) is 0 Å². The Morgan fingerprint density at radius 3 is 2.59 bits per heavy atom. The van der Waals surface area contributed by atoms with Crippen LogP contribution in [0.25, 0.3) is 0 Å². The number of hydrogen-bond acceptors (Lipinski definition) is 5. The molecule has 3 fully saturated rings. The number of carbonyl (C=O) groups is 1. The SMILES string of the molecule is C[C@@]12CO[C@@H](CN)O[C@H]1CC[C@]1(C)[C@H]2CC[C@@H](O)[C@H]1CC(=O)NCc1cc(F)cc(F)c1. The van der Waals surface area contributed by atoms with Crippen molar-refractivity contribution in [3.8, 4) is 0 Å². The minimum Gasteiger partial charge on any atom is -0.393 e. The van der Waals surface area contributed by atoms with E-state index in [-0.39, 0.29) is 53.9 Å². The van der Waals surface area contributed by atoms with Crippen molar-refractivity contribution < 1.29 is 28.2 Å². The van der Waals surface area contributed by atoms with Gasteiger partial charge in [-0.1, -0.05) is 13.8 Å². The number of nitrogens with one attached hydrogen (secondary N) is 1. The molecular formula is C24H34F2N2O4. The lowest BCUT2D eigenvalue weighted by Gasteiger charge is -2.62. The van der Waals surface area contributed by atoms with Gasteiger partial charge >= 0.3 is 0 Å². The first-order valence-corrected chi connectivity index (χ1v) is 11.5. The number of nitrogens with two attached hydrogens (primary N) is 1. The Morgan fingerprint density at radius 2 is 1.91 bits per heavy atom. The summed E-state index contributed by atoms with van der Waals surface area (Å²) < 4.78 is 38.9. The third-order valence-corrected chi connectivity index (χ3v) is 8.24. The van der Waals surface area contributed by atoms with E-state index in [0.29, 0.717) is 25.1 Å². The monoisotopic (exact) mass is 452 g/mol. The van der Waals surface area contributed by atoms with Gasteiger partial charge in [-0.15, -0.1) is 0 Å². The minimum atomic E-state index is -0.675. The lowest BCUT2D eigenvalue weighted by molar-refractivity contribution is -0.305. The van der Waals surface area contributed by atoms with E-state index in [2.05, 4.69) is 19.2 Å². The molecule has 0 unspecified atom stereocenters. The summed E-state index contributed by atoms with van der Waals surface area (Å²) in [6.45, 7) is 5.29. The maximum atomic E-state index is 13.4. The number of amides is 1. The Bertz CT molecular complexity index is 835. The number of carbonyl (C=O) groups excluding carboxylic acids is 1. The number of benzene rings is 1. The molecule has 4 N–H and O–H groups in total. The molecule has 0 bridgehead atoms. The summed E-state index contributed by atoms with van der Waals surface area (Å²) in [6, 6.07) is 3.21. The molecule has 4 rings (SSSR count). The molecule has 7 atom stereocenters. The van der Waals surface area contributed by atoms with Gasteiger partial charge in [-0.25, -0.2) is 8.78 Å². The zero-order chi connectivity index (χ0) is 23.1. The van der Waals surface area contributed by atoms with Gasteiger partial charge in [0.2, 0.25) is 5.91 Å². The number of ether oxygens (including phenoxy) is 2. The topological polar surface area (TPSA) is 93.8 Å². The average molecular weight is 453 g/mol. The molecule has 0 radical (unpaired) electrons. The molecule has 1 aliphatic heterocycles. The fraction of sp³-hybridized carbons (Fsp3) is 0.708. The summed E-state index contributed by atoms with van der Waals surface area (Å²) in [4.78, 5) is 12.8. The molecule has 1 aromatic rings. The van der Waals surface area contributed by atoms with E-state index < -0.39 is 17.7 Å². The van der Waals surface area contributed by atoms with Crippen molar-refractivity contribution in [2.45, 2.75) is 71.0 Å². The quantitative estimate of drug-likeness (QED) is 0.639. The van der Waals surface area contributed by atoms with E-state index in [4.69, 9.17) is 15.2 Å². The van der Waals surface area contributed by atoms with Crippen LogP contribution >= 0.6 is 0 Å². The van der Waals surface area contributed by atoms with Crippen molar-refractivity contribution in [1.29, 1.82) is 0 Å². The summed E-state index contributed by atoms with van der Waals surface area (Å²) >= 11 is 0. The summed E-state index contributed by atoms with van der Waals surface area (Å²) in [5.74, 6) is -1.55. The Kier molecular flexibility index (Phi) is 6.60. The van der Waals surface area contributed by atoms with Gasteiger partial charge in [0, 0.05) is 31.0 Å². The summed E-state index contributed by atoms with van der Waals surface area (Å²) in [5.41, 5.74) is 5.66. The van der Waals surface area contributed by atoms with Crippen LogP contribution in [0.4, 0.5) is 8.78 Å². The zero-order valence-electron chi connectivity index (χ0n) is 18.8. The number of hydrogen-bond donors (Lipinski definition) is 3. The van der Waals surface area contributed by atoms with Gasteiger partial charge in [-0.05, 0) is 60.6 Å². The van der Waals surface area contributed by atoms with Gasteiger partial charge in [-0.2, -0.15) is 0 Å². The molecule has 8 heteroatoms. The molecule has 6 nitrogen and oxygen atoms in total. The van der Waals surface area contributed by atoms with Gasteiger partial charge in [0.1, 0.15) is 11.6 Å². The first kappa shape index (κ1) is 23.5. The van der Waals surface area contributed by atoms with Crippen molar-refractivity contribution in [2.24, 2.45) is 28.4 Å². The lowest BCUT2D eigenvalue weighted by Crippen LogP contribution is -2.63. The van der Waals surface area contributed by atoms with E-state index >= 15 is 0 Å². The van der Waals surface area contributed by atoms with E-state index in [1.165, 1.54) is 12.1 Å². The second kappa shape index (κ2) is 8.97. The standard InChI is InChI=1S/C24H34F2N2O4/c1-23-6-5-20-24(2,13-31-22(11-27)32-20)19(23)4-3-18(29)17(23)10-21(30)28-12-14-7-15(25)9-16(26)8-14/h7-9,17-20,22,29H,3-6,10-13,27H2,1-2H3,(H,28,30)/t17-,18-,19-,20+,22-,23+,24+/m1/s1. The minimum absolute atomic E-state index is 0.0401. The van der Waals surface area contributed by atoms with Crippen LogP contribution in [0.5, 0.6) is 0 Å². The zero-order valence-corrected chi connectivity index (χ0v) is 18.8. The molecule has 0 spiro atoms. The van der Waals surface area contributed by atoms with Crippen molar-refractivity contribution in [1.82, 2.24) is 5.32 Å². The number of halogens is 2. The predicted octanol–water partition coefficient (Wildman–Crippen LogP) is 2.86. The van der Waals surface area contributed by atoms with Crippen LogP contribution in [-0.2, 0) is 20.8 Å². The van der Waals surface area contributed by atoms with E-state index in [1.807, 2.05) is 0 Å². The fourth-order valence-electron chi connectivity index (χ4n) is 6.60. The molecule has 1 aromatic carbocycles. The van der Waals surface area contributed by atoms with E-state index in [1.54, 1.807) is 0 Å². The second-order valence-electron chi connectivity index (χ2n) is 10.2. The van der Waals surface area contributed by atoms with Crippen LogP contribution < -0.4 is 11.1 Å². The largest absolute Gasteiger partial charge is 0.393 e. The van der Waals surface area contributed by atoms with E-state index in [0.717, 1.165) is 25.3 Å². The van der Waals surface area contributed by atoms with Crippen LogP contribution in [0.3, 0.4) is 0 Å². The lowest BCUT2D eigenvalue weighted by atomic mass is 9.46. The molecule has 2 saturated carbocycles. The smallest absolute Gasteiger partial charge is 0.220 e. The molecular weight excluding hydrogens is 418 g/mol. The van der Waals surface area contributed by atoms with Crippen LogP contribution in [0.1, 0.15) is 51.5 Å². The summed E-state index contributed by atoms with van der Waals surface area (Å²) in [7, 11) is 0. The van der Waals surface area contributed by atoms with Crippen molar-refractivity contribution in [3.63, 3.8) is 0 Å². The third-order valence-electron chi connectivity index (χ3n) is 8.24. The first-order valence-electron chi connectivity index (χ1n) is 11.5. The molecule has 178 valence electrons. The van der Waals surface area contributed by atoms with Crippen molar-refractivity contribution in [2.75, 3.05) is 13.2 Å². The number of aliphatic hydroxyl groups is 1. The molecule has 3 aliphatic rings.